The summed E-state index contributed by atoms with van der Waals surface area (Å²) < 4.78 is 5.92. The number of piperidine rings is 1. The van der Waals surface area contributed by atoms with Crippen molar-refractivity contribution in [3.63, 3.8) is 0 Å². The van der Waals surface area contributed by atoms with Gasteiger partial charge in [0.1, 0.15) is 12.4 Å². The second-order valence-electron chi connectivity index (χ2n) is 8.17. The average molecular weight is 453 g/mol. The standard InChI is InChI=1S/C24H28N4O3S/c1-16-19(22(25)29)21(24(23(26)30)10-5-11-27-24)32-20(16)17-6-8-18(9-7-17)31-15-14-28-12-3-2-4-13-28/h5-11H,2-4,12-15H2,1H3,(H2,25,29)(H2,26,30). The van der Waals surface area contributed by atoms with Crippen molar-refractivity contribution in [1.82, 2.24) is 4.90 Å². The average Bonchev–Trinajstić information content (AvgIpc) is 3.41. The fourth-order valence-electron chi connectivity index (χ4n) is 4.31. The predicted molar refractivity (Wildman–Crippen MR) is 127 cm³/mol. The maximum Gasteiger partial charge on any atom is 0.254 e. The van der Waals surface area contributed by atoms with E-state index in [9.17, 15) is 9.59 Å². The minimum absolute atomic E-state index is 0.300. The van der Waals surface area contributed by atoms with Crippen LogP contribution in [0.15, 0.2) is 41.4 Å². The number of amides is 2. The van der Waals surface area contributed by atoms with E-state index in [0.29, 0.717) is 22.6 Å². The number of allylic oxidation sites excluding steroid dienone is 1. The number of nitrogens with zero attached hydrogens (tertiary/aromatic N) is 2. The number of likely N-dealkylation sites (tertiary alicyclic amines) is 1. The third-order valence-electron chi connectivity index (χ3n) is 6.06. The molecule has 32 heavy (non-hydrogen) atoms. The van der Waals surface area contributed by atoms with Gasteiger partial charge in [-0.15, -0.1) is 11.3 Å². The van der Waals surface area contributed by atoms with Crippen LogP contribution in [-0.2, 0) is 10.3 Å². The van der Waals surface area contributed by atoms with Gasteiger partial charge in [0.15, 0.2) is 5.54 Å². The Hall–Kier alpha value is -2.97. The van der Waals surface area contributed by atoms with E-state index < -0.39 is 17.4 Å². The van der Waals surface area contributed by atoms with Crippen molar-refractivity contribution in [3.8, 4) is 16.2 Å². The Balaban J connectivity index is 1.56. The summed E-state index contributed by atoms with van der Waals surface area (Å²) in [6.45, 7) is 5.71. The van der Waals surface area contributed by atoms with Gasteiger partial charge in [0.05, 0.1) is 10.4 Å². The van der Waals surface area contributed by atoms with E-state index in [2.05, 4.69) is 9.89 Å². The summed E-state index contributed by atoms with van der Waals surface area (Å²) in [7, 11) is 0. The van der Waals surface area contributed by atoms with Crippen molar-refractivity contribution in [2.45, 2.75) is 31.7 Å². The van der Waals surface area contributed by atoms with Crippen molar-refractivity contribution >= 4 is 29.4 Å². The molecule has 0 radical (unpaired) electrons. The molecule has 1 atom stereocenters. The molecule has 1 aromatic carbocycles. The molecule has 2 aliphatic heterocycles. The molecule has 4 rings (SSSR count). The van der Waals surface area contributed by atoms with E-state index in [1.54, 1.807) is 12.2 Å². The van der Waals surface area contributed by atoms with Gasteiger partial charge in [-0.25, -0.2) is 0 Å². The molecule has 1 saturated heterocycles. The van der Waals surface area contributed by atoms with Crippen LogP contribution in [0.4, 0.5) is 0 Å². The highest BCUT2D eigenvalue weighted by Crippen LogP contribution is 2.44. The van der Waals surface area contributed by atoms with Gasteiger partial charge < -0.3 is 16.2 Å². The van der Waals surface area contributed by atoms with Crippen molar-refractivity contribution in [2.75, 3.05) is 26.2 Å². The van der Waals surface area contributed by atoms with Gasteiger partial charge >= 0.3 is 0 Å². The zero-order valence-corrected chi connectivity index (χ0v) is 19.0. The highest BCUT2D eigenvalue weighted by atomic mass is 32.1. The van der Waals surface area contributed by atoms with Crippen LogP contribution < -0.4 is 16.2 Å². The fourth-order valence-corrected chi connectivity index (χ4v) is 5.76. The van der Waals surface area contributed by atoms with Crippen LogP contribution >= 0.6 is 11.3 Å². The molecule has 0 bridgehead atoms. The Labute approximate surface area is 191 Å². The number of carbonyl (C=O) groups excluding carboxylic acids is 2. The smallest absolute Gasteiger partial charge is 0.254 e. The second kappa shape index (κ2) is 9.26. The predicted octanol–water partition coefficient (Wildman–Crippen LogP) is 3.01. The number of primary amides is 2. The molecule has 0 aliphatic carbocycles. The molecule has 0 spiro atoms. The van der Waals surface area contributed by atoms with Gasteiger partial charge in [-0.2, -0.15) is 0 Å². The number of aliphatic imine (C=N–C) groups is 1. The summed E-state index contributed by atoms with van der Waals surface area (Å²) in [5.41, 5.74) is 11.9. The summed E-state index contributed by atoms with van der Waals surface area (Å²) in [5, 5.41) is 0. The van der Waals surface area contributed by atoms with Crippen molar-refractivity contribution in [1.29, 1.82) is 0 Å². The van der Waals surface area contributed by atoms with Gasteiger partial charge in [0.25, 0.3) is 5.91 Å². The number of ether oxygens (including phenoxy) is 1. The number of benzene rings is 1. The lowest BCUT2D eigenvalue weighted by Gasteiger charge is -2.26. The quantitative estimate of drug-likeness (QED) is 0.641. The van der Waals surface area contributed by atoms with E-state index in [1.807, 2.05) is 31.2 Å². The molecule has 7 nitrogen and oxygen atoms in total. The number of carbonyl (C=O) groups is 2. The molecule has 1 unspecified atom stereocenters. The van der Waals surface area contributed by atoms with Crippen molar-refractivity contribution in [3.05, 3.63) is 52.4 Å². The van der Waals surface area contributed by atoms with E-state index in [4.69, 9.17) is 16.2 Å². The molecular weight excluding hydrogens is 424 g/mol. The van der Waals surface area contributed by atoms with Crippen LogP contribution in [0, 0.1) is 6.92 Å². The van der Waals surface area contributed by atoms with Crippen LogP contribution in [0.1, 0.15) is 40.1 Å². The van der Waals surface area contributed by atoms with Gasteiger partial charge in [-0.3, -0.25) is 19.5 Å². The van der Waals surface area contributed by atoms with E-state index in [-0.39, 0.29) is 0 Å². The molecule has 2 amide bonds. The lowest BCUT2D eigenvalue weighted by atomic mass is 9.92. The van der Waals surface area contributed by atoms with E-state index >= 15 is 0 Å². The normalized spacial score (nSPS) is 20.5. The fraction of sp³-hybridized carbons (Fsp3) is 0.375. The highest BCUT2D eigenvalue weighted by molar-refractivity contribution is 7.16. The third-order valence-corrected chi connectivity index (χ3v) is 7.52. The van der Waals surface area contributed by atoms with Gasteiger partial charge in [0, 0.05) is 17.6 Å². The second-order valence-corrected chi connectivity index (χ2v) is 9.19. The minimum Gasteiger partial charge on any atom is -0.492 e. The van der Waals surface area contributed by atoms with Crippen LogP contribution in [0.5, 0.6) is 5.75 Å². The van der Waals surface area contributed by atoms with Gasteiger partial charge in [-0.05, 0) is 80.4 Å². The number of rotatable bonds is 8. The molecule has 2 aromatic rings. The maximum absolute atomic E-state index is 12.3. The maximum atomic E-state index is 12.3. The summed E-state index contributed by atoms with van der Waals surface area (Å²) in [5.74, 6) is -0.448. The largest absolute Gasteiger partial charge is 0.492 e. The summed E-state index contributed by atoms with van der Waals surface area (Å²) >= 11 is 1.32. The Kier molecular flexibility index (Phi) is 6.43. The Morgan fingerprint density at radius 1 is 1.16 bits per heavy atom. The third kappa shape index (κ3) is 4.20. The summed E-state index contributed by atoms with van der Waals surface area (Å²) in [4.78, 5) is 32.6. The molecule has 0 saturated carbocycles. The Bertz CT molecular complexity index is 1050. The highest BCUT2D eigenvalue weighted by Gasteiger charge is 2.42. The molecule has 4 N–H and O–H groups in total. The summed E-state index contributed by atoms with van der Waals surface area (Å²) in [6, 6.07) is 7.75. The lowest BCUT2D eigenvalue weighted by molar-refractivity contribution is -0.121. The molecule has 1 aromatic heterocycles. The molecule has 1 fully saturated rings. The molecule has 2 aliphatic rings. The van der Waals surface area contributed by atoms with Crippen LogP contribution in [0.2, 0.25) is 0 Å². The van der Waals surface area contributed by atoms with E-state index in [0.717, 1.165) is 35.8 Å². The summed E-state index contributed by atoms with van der Waals surface area (Å²) in [6.07, 6.45) is 8.63. The monoisotopic (exact) mass is 452 g/mol. The first-order chi connectivity index (χ1) is 15.4. The van der Waals surface area contributed by atoms with Crippen LogP contribution in [0.3, 0.4) is 0 Å². The van der Waals surface area contributed by atoms with Crippen LogP contribution in [0.25, 0.3) is 10.4 Å². The van der Waals surface area contributed by atoms with Gasteiger partial charge in [-0.1, -0.05) is 6.42 Å². The topological polar surface area (TPSA) is 111 Å². The molecule has 3 heterocycles. The first kappa shape index (κ1) is 22.2. The lowest BCUT2D eigenvalue weighted by Crippen LogP contribution is -2.37. The molecule has 168 valence electrons. The number of thiophene rings is 1. The first-order valence-electron chi connectivity index (χ1n) is 10.8. The SMILES string of the molecule is Cc1c(-c2ccc(OCCN3CCCCC3)cc2)sc(C2(C(N)=O)C=CC=N2)c1C(N)=O. The zero-order chi connectivity index (χ0) is 22.7. The zero-order valence-electron chi connectivity index (χ0n) is 18.2. The molecule has 8 heteroatoms. The number of hydrogen-bond donors (Lipinski definition) is 2. The van der Waals surface area contributed by atoms with Crippen molar-refractivity contribution in [2.24, 2.45) is 16.5 Å². The van der Waals surface area contributed by atoms with Crippen molar-refractivity contribution < 1.29 is 14.3 Å². The van der Waals surface area contributed by atoms with E-state index in [1.165, 1.54) is 36.8 Å². The molecular formula is C24H28N4O3S. The number of hydrogen-bond acceptors (Lipinski definition) is 6. The van der Waals surface area contributed by atoms with Gasteiger partial charge in [0.2, 0.25) is 5.91 Å². The first-order valence-corrected chi connectivity index (χ1v) is 11.7. The Morgan fingerprint density at radius 3 is 2.47 bits per heavy atom. The minimum atomic E-state index is -1.39. The Morgan fingerprint density at radius 2 is 1.88 bits per heavy atom. The van der Waals surface area contributed by atoms with Crippen LogP contribution in [-0.4, -0.2) is 49.2 Å². The number of nitrogens with two attached hydrogens (primary N) is 2.